The highest BCUT2D eigenvalue weighted by Crippen LogP contribution is 2.29. The van der Waals surface area contributed by atoms with Gasteiger partial charge in [0.25, 0.3) is 16.6 Å². The van der Waals surface area contributed by atoms with Crippen molar-refractivity contribution in [2.45, 2.75) is 20.4 Å². The van der Waals surface area contributed by atoms with Crippen LogP contribution in [0.4, 0.5) is 0 Å². The number of hydrogen-bond donors (Lipinski definition) is 3. The van der Waals surface area contributed by atoms with E-state index in [-0.39, 0.29) is 11.4 Å². The molecule has 3 rings (SSSR count). The second-order valence-electron chi connectivity index (χ2n) is 5.07. The first-order chi connectivity index (χ1) is 10.5. The molecule has 0 saturated heterocycles. The summed E-state index contributed by atoms with van der Waals surface area (Å²) in [7, 11) is 0. The van der Waals surface area contributed by atoms with Crippen LogP contribution >= 0.6 is 12.2 Å². The summed E-state index contributed by atoms with van der Waals surface area (Å²) in [6.07, 6.45) is 0. The number of amides is 1. The Balaban J connectivity index is 2.08. The van der Waals surface area contributed by atoms with Gasteiger partial charge in [0.1, 0.15) is 12.2 Å². The predicted molar refractivity (Wildman–Crippen MR) is 84.4 cm³/mol. The molecule has 0 aliphatic rings. The number of nitrogens with one attached hydrogen (secondary N) is 2. The third-order valence-corrected chi connectivity index (χ3v) is 3.78. The molecule has 8 heteroatoms. The van der Waals surface area contributed by atoms with Crippen LogP contribution in [0, 0.1) is 18.7 Å². The summed E-state index contributed by atoms with van der Waals surface area (Å²) >= 11 is 5.08. The molecule has 0 radical (unpaired) electrons. The van der Waals surface area contributed by atoms with Gasteiger partial charge in [0.2, 0.25) is 0 Å². The molecule has 0 unspecified atom stereocenters. The molecule has 4 N–H and O–H groups in total. The van der Waals surface area contributed by atoms with Crippen molar-refractivity contribution in [1.82, 2.24) is 20.2 Å². The summed E-state index contributed by atoms with van der Waals surface area (Å²) in [5.74, 6) is 5.01. The molecule has 0 atom stereocenters. The number of carbonyl (C=O) groups excluding carboxylic acids is 1. The van der Waals surface area contributed by atoms with Crippen LogP contribution < -0.4 is 11.3 Å². The van der Waals surface area contributed by atoms with Crippen LogP contribution in [0.25, 0.3) is 22.5 Å². The van der Waals surface area contributed by atoms with Crippen molar-refractivity contribution >= 4 is 29.0 Å². The number of carbonyl (C=O) groups is 1. The lowest BCUT2D eigenvalue weighted by Gasteiger charge is -1.97. The van der Waals surface area contributed by atoms with Crippen molar-refractivity contribution in [3.05, 3.63) is 34.2 Å². The number of nitrogens with two attached hydrogens (primary N) is 1. The maximum absolute atomic E-state index is 11.3. The number of rotatable bonds is 3. The monoisotopic (exact) mass is 317 g/mol. The Hall–Kier alpha value is -2.45. The molecule has 2 aromatic heterocycles. The summed E-state index contributed by atoms with van der Waals surface area (Å²) in [5, 5.41) is 5.35. The molecule has 114 valence electrons. The van der Waals surface area contributed by atoms with Crippen molar-refractivity contribution in [3.63, 3.8) is 0 Å². The molecule has 2 heterocycles. The molecule has 0 bridgehead atoms. The summed E-state index contributed by atoms with van der Waals surface area (Å²) in [4.78, 5) is 14.7. The normalized spacial score (nSPS) is 11.0. The Kier molecular flexibility index (Phi) is 3.55. The number of aromatic amines is 1. The molecule has 3 aromatic rings. The molecule has 7 nitrogen and oxygen atoms in total. The van der Waals surface area contributed by atoms with Gasteiger partial charge in [-0.1, -0.05) is 11.6 Å². The third-order valence-electron chi connectivity index (χ3n) is 3.49. The van der Waals surface area contributed by atoms with Crippen LogP contribution in [0.2, 0.25) is 0 Å². The van der Waals surface area contributed by atoms with Gasteiger partial charge in [0.15, 0.2) is 0 Å². The van der Waals surface area contributed by atoms with Crippen molar-refractivity contribution in [1.29, 1.82) is 0 Å². The van der Waals surface area contributed by atoms with E-state index in [1.807, 2.05) is 31.4 Å². The smallest absolute Gasteiger partial charge is 0.287 e. The lowest BCUT2D eigenvalue weighted by atomic mass is 10.1. The number of hydrazine groups is 1. The first kappa shape index (κ1) is 14.5. The van der Waals surface area contributed by atoms with E-state index in [2.05, 4.69) is 16.1 Å². The van der Waals surface area contributed by atoms with E-state index in [0.29, 0.717) is 5.89 Å². The van der Waals surface area contributed by atoms with E-state index in [4.69, 9.17) is 22.5 Å². The van der Waals surface area contributed by atoms with E-state index >= 15 is 0 Å². The Morgan fingerprint density at radius 2 is 2.27 bits per heavy atom. The first-order valence-electron chi connectivity index (χ1n) is 6.66. The highest BCUT2D eigenvalue weighted by molar-refractivity contribution is 7.71. The maximum Gasteiger partial charge on any atom is 0.287 e. The average molecular weight is 317 g/mol. The lowest BCUT2D eigenvalue weighted by Crippen LogP contribution is -2.33. The number of benzene rings is 1. The largest absolute Gasteiger partial charge is 0.408 e. The molecule has 0 aliphatic heterocycles. The van der Waals surface area contributed by atoms with Gasteiger partial charge in [0.05, 0.1) is 0 Å². The van der Waals surface area contributed by atoms with E-state index in [1.54, 1.807) is 0 Å². The Morgan fingerprint density at radius 3 is 3.00 bits per heavy atom. The quantitative estimate of drug-likeness (QED) is 0.297. The van der Waals surface area contributed by atoms with Gasteiger partial charge in [-0.2, -0.15) is 0 Å². The first-order valence-corrected chi connectivity index (χ1v) is 7.07. The Labute approximate surface area is 131 Å². The highest BCUT2D eigenvalue weighted by Gasteiger charge is 2.16. The molecule has 22 heavy (non-hydrogen) atoms. The van der Waals surface area contributed by atoms with Crippen LogP contribution in [-0.2, 0) is 11.3 Å². The van der Waals surface area contributed by atoms with E-state index in [0.717, 1.165) is 22.2 Å². The zero-order chi connectivity index (χ0) is 15.9. The van der Waals surface area contributed by atoms with Crippen molar-refractivity contribution in [2.75, 3.05) is 0 Å². The molecule has 0 saturated carbocycles. The lowest BCUT2D eigenvalue weighted by molar-refractivity contribution is -0.121. The van der Waals surface area contributed by atoms with Gasteiger partial charge in [0, 0.05) is 10.9 Å². The standard InChI is InChI=1S/C14H15N5O2S/c1-7-3-4-10-9(5-7)8(2)12(16-10)13-18-19(14(22)21-13)6-11(20)17-15/h3-5,16H,6,15H2,1-2H3,(H,17,20). The number of fused-ring (bicyclic) bond motifs is 1. The minimum atomic E-state index is -0.403. The maximum atomic E-state index is 11.3. The number of aryl methyl sites for hydroxylation is 2. The fourth-order valence-corrected chi connectivity index (χ4v) is 2.53. The van der Waals surface area contributed by atoms with Crippen LogP contribution in [0.1, 0.15) is 11.1 Å². The van der Waals surface area contributed by atoms with E-state index < -0.39 is 5.91 Å². The second kappa shape index (κ2) is 5.39. The SMILES string of the molecule is Cc1ccc2[nH]c(-c3nn(CC(=O)NN)c(=S)o3)c(C)c2c1. The third kappa shape index (κ3) is 2.42. The summed E-state index contributed by atoms with van der Waals surface area (Å²) in [5.41, 5.74) is 5.97. The molecule has 1 aromatic carbocycles. The van der Waals surface area contributed by atoms with Gasteiger partial charge < -0.3 is 9.40 Å². The summed E-state index contributed by atoms with van der Waals surface area (Å²) < 4.78 is 6.80. The van der Waals surface area contributed by atoms with E-state index in [9.17, 15) is 4.79 Å². The van der Waals surface area contributed by atoms with Gasteiger partial charge in [-0.05, 0) is 43.8 Å². The second-order valence-corrected chi connectivity index (χ2v) is 5.42. The molecule has 0 spiro atoms. The average Bonchev–Trinajstić information content (AvgIpc) is 3.00. The molecule has 1 amide bonds. The topological polar surface area (TPSA) is 102 Å². The van der Waals surface area contributed by atoms with Crippen molar-refractivity contribution in [3.8, 4) is 11.6 Å². The van der Waals surface area contributed by atoms with Crippen molar-refractivity contribution in [2.24, 2.45) is 5.84 Å². The number of nitrogens with zero attached hydrogens (tertiary/aromatic N) is 2. The zero-order valence-corrected chi connectivity index (χ0v) is 13.0. The molecular weight excluding hydrogens is 302 g/mol. The minimum absolute atomic E-state index is 0.0861. The van der Waals surface area contributed by atoms with Gasteiger partial charge >= 0.3 is 0 Å². The fraction of sp³-hybridized carbons (Fsp3) is 0.214. The fourth-order valence-electron chi connectivity index (χ4n) is 2.34. The Morgan fingerprint density at radius 1 is 1.50 bits per heavy atom. The van der Waals surface area contributed by atoms with Crippen LogP contribution in [-0.4, -0.2) is 20.7 Å². The van der Waals surface area contributed by atoms with Crippen LogP contribution in [0.5, 0.6) is 0 Å². The number of H-pyrrole nitrogens is 1. The van der Waals surface area contributed by atoms with E-state index in [1.165, 1.54) is 10.2 Å². The molecular formula is C14H15N5O2S. The van der Waals surface area contributed by atoms with Gasteiger partial charge in [-0.25, -0.2) is 10.5 Å². The summed E-state index contributed by atoms with van der Waals surface area (Å²) in [6, 6.07) is 6.13. The van der Waals surface area contributed by atoms with Gasteiger partial charge in [-0.15, -0.1) is 5.10 Å². The summed E-state index contributed by atoms with van der Waals surface area (Å²) in [6.45, 7) is 3.94. The van der Waals surface area contributed by atoms with Gasteiger partial charge in [-0.3, -0.25) is 10.2 Å². The number of aromatic nitrogens is 3. The molecule has 0 aliphatic carbocycles. The Bertz CT molecular complexity index is 921. The van der Waals surface area contributed by atoms with Crippen LogP contribution in [0.15, 0.2) is 22.6 Å². The van der Waals surface area contributed by atoms with Crippen LogP contribution in [0.3, 0.4) is 0 Å². The highest BCUT2D eigenvalue weighted by atomic mass is 32.1. The minimum Gasteiger partial charge on any atom is -0.408 e. The number of hydrogen-bond acceptors (Lipinski definition) is 5. The predicted octanol–water partition coefficient (Wildman–Crippen LogP) is 1.96. The zero-order valence-electron chi connectivity index (χ0n) is 12.1. The molecule has 0 fully saturated rings. The van der Waals surface area contributed by atoms with Crippen molar-refractivity contribution < 1.29 is 9.21 Å².